The van der Waals surface area contributed by atoms with E-state index in [1.54, 1.807) is 12.4 Å². The molecule has 8 heteroatoms. The van der Waals surface area contributed by atoms with Crippen molar-refractivity contribution in [1.82, 2.24) is 9.97 Å². The van der Waals surface area contributed by atoms with Crippen molar-refractivity contribution in [1.29, 1.82) is 0 Å². The molecule has 0 aliphatic heterocycles. The highest BCUT2D eigenvalue weighted by molar-refractivity contribution is 9.10. The molecule has 0 aromatic carbocycles. The van der Waals surface area contributed by atoms with Gasteiger partial charge in [-0.1, -0.05) is 0 Å². The van der Waals surface area contributed by atoms with Crippen molar-refractivity contribution < 1.29 is 8.42 Å². The van der Waals surface area contributed by atoms with E-state index in [2.05, 4.69) is 25.9 Å². The van der Waals surface area contributed by atoms with Crippen LogP contribution in [0.15, 0.2) is 28.6 Å². The molecule has 0 aliphatic carbocycles. The third-order valence-electron chi connectivity index (χ3n) is 2.49. The Labute approximate surface area is 124 Å². The maximum absolute atomic E-state index is 12.0. The Kier molecular flexibility index (Phi) is 4.22. The molecule has 0 amide bonds. The van der Waals surface area contributed by atoms with Crippen LogP contribution in [-0.2, 0) is 16.6 Å². The summed E-state index contributed by atoms with van der Waals surface area (Å²) >= 11 is 4.90. The summed E-state index contributed by atoms with van der Waals surface area (Å²) in [5, 5.41) is 1.88. The van der Waals surface area contributed by atoms with Crippen molar-refractivity contribution in [3.8, 4) is 0 Å². The van der Waals surface area contributed by atoms with Crippen LogP contribution in [0.4, 0.5) is 5.69 Å². The number of anilines is 1. The molecule has 0 aliphatic rings. The quantitative estimate of drug-likeness (QED) is 0.839. The molecule has 2 heterocycles. The fraction of sp³-hybridized carbons (Fsp3) is 0.273. The Hall–Kier alpha value is -0.990. The normalized spacial score (nSPS) is 11.5. The summed E-state index contributed by atoms with van der Waals surface area (Å²) in [6.07, 6.45) is 5.84. The summed E-state index contributed by atoms with van der Waals surface area (Å²) in [5.41, 5.74) is 1.42. The number of sulfonamides is 1. The first-order valence-corrected chi connectivity index (χ1v) is 8.87. The van der Waals surface area contributed by atoms with Crippen LogP contribution in [0.25, 0.3) is 0 Å². The van der Waals surface area contributed by atoms with Crippen molar-refractivity contribution >= 4 is 43.0 Å². The fourth-order valence-corrected chi connectivity index (χ4v) is 4.43. The molecule has 0 bridgehead atoms. The average Bonchev–Trinajstić information content (AvgIpc) is 2.66. The van der Waals surface area contributed by atoms with Gasteiger partial charge in [0.25, 0.3) is 0 Å². The van der Waals surface area contributed by atoms with Gasteiger partial charge in [-0.15, -0.1) is 11.3 Å². The van der Waals surface area contributed by atoms with Crippen LogP contribution >= 0.6 is 27.3 Å². The van der Waals surface area contributed by atoms with E-state index in [1.165, 1.54) is 28.2 Å². The summed E-state index contributed by atoms with van der Waals surface area (Å²) in [4.78, 5) is 8.75. The van der Waals surface area contributed by atoms with Crippen LogP contribution < -0.4 is 4.31 Å². The van der Waals surface area contributed by atoms with Gasteiger partial charge in [-0.05, 0) is 22.9 Å². The van der Waals surface area contributed by atoms with Gasteiger partial charge >= 0.3 is 0 Å². The third-order valence-corrected chi connectivity index (χ3v) is 5.41. The minimum Gasteiger partial charge on any atom is -0.264 e. The number of thiophene rings is 1. The smallest absolute Gasteiger partial charge is 0.232 e. The second-order valence-electron chi connectivity index (χ2n) is 4.00. The summed E-state index contributed by atoms with van der Waals surface area (Å²) in [5.74, 6) is 0. The number of hydrogen-bond donors (Lipinski definition) is 0. The molecular weight excluding hydrogens is 350 g/mol. The molecule has 2 aromatic heterocycles. The molecule has 0 N–H and O–H groups in total. The molecule has 2 rings (SSSR count). The maximum atomic E-state index is 12.0. The zero-order chi connectivity index (χ0) is 14.0. The topological polar surface area (TPSA) is 63.2 Å². The van der Waals surface area contributed by atoms with Crippen LogP contribution in [0.2, 0.25) is 0 Å². The molecule has 2 aromatic rings. The number of aromatic nitrogens is 2. The zero-order valence-corrected chi connectivity index (χ0v) is 13.6. The number of halogens is 1. The molecule has 0 unspecified atom stereocenters. The van der Waals surface area contributed by atoms with Crippen molar-refractivity contribution in [2.45, 2.75) is 13.5 Å². The number of hydrogen-bond acceptors (Lipinski definition) is 5. The third kappa shape index (κ3) is 3.31. The molecule has 19 heavy (non-hydrogen) atoms. The van der Waals surface area contributed by atoms with E-state index in [1.807, 2.05) is 12.3 Å². The molecule has 0 radical (unpaired) electrons. The minimum atomic E-state index is -3.38. The first kappa shape index (κ1) is 14.4. The van der Waals surface area contributed by atoms with E-state index in [0.29, 0.717) is 5.69 Å². The maximum Gasteiger partial charge on any atom is 0.232 e. The average molecular weight is 362 g/mol. The summed E-state index contributed by atoms with van der Waals surface area (Å²) in [7, 11) is -3.38. The van der Waals surface area contributed by atoms with Crippen molar-refractivity contribution in [2.24, 2.45) is 0 Å². The molecule has 102 valence electrons. The molecule has 0 fully saturated rings. The Morgan fingerprint density at radius 3 is 2.47 bits per heavy atom. The Morgan fingerprint density at radius 2 is 2.00 bits per heavy atom. The Morgan fingerprint density at radius 1 is 1.37 bits per heavy atom. The predicted octanol–water partition coefficient (Wildman–Crippen LogP) is 2.58. The van der Waals surface area contributed by atoms with Gasteiger partial charge in [-0.2, -0.15) is 0 Å². The van der Waals surface area contributed by atoms with E-state index in [9.17, 15) is 8.42 Å². The number of nitrogens with zero attached hydrogens (tertiary/aromatic N) is 3. The standard InChI is InChI=1S/C11H12BrN3O2S2/c1-8-11(10(12)6-18-8)15(19(2,16)17)5-9-3-13-7-14-4-9/h3-4,6-7H,5H2,1-2H3. The second kappa shape index (κ2) is 5.56. The molecular formula is C11H12BrN3O2S2. The SMILES string of the molecule is Cc1scc(Br)c1N(Cc1cncnc1)S(C)(=O)=O. The van der Waals surface area contributed by atoms with Crippen molar-refractivity contribution in [2.75, 3.05) is 10.6 Å². The van der Waals surface area contributed by atoms with E-state index < -0.39 is 10.0 Å². The summed E-state index contributed by atoms with van der Waals surface area (Å²) in [6.45, 7) is 2.11. The first-order chi connectivity index (χ1) is 8.89. The lowest BCUT2D eigenvalue weighted by molar-refractivity contribution is 0.596. The van der Waals surface area contributed by atoms with Gasteiger partial charge in [0.15, 0.2) is 0 Å². The molecule has 0 saturated carbocycles. The summed E-state index contributed by atoms with van der Waals surface area (Å²) < 4.78 is 26.2. The number of rotatable bonds is 4. The van der Waals surface area contributed by atoms with Crippen LogP contribution in [0.1, 0.15) is 10.4 Å². The van der Waals surface area contributed by atoms with Gasteiger partial charge in [0.05, 0.1) is 23.0 Å². The van der Waals surface area contributed by atoms with Crippen molar-refractivity contribution in [3.63, 3.8) is 0 Å². The minimum absolute atomic E-state index is 0.218. The largest absolute Gasteiger partial charge is 0.264 e. The molecule has 5 nitrogen and oxygen atoms in total. The highest BCUT2D eigenvalue weighted by Gasteiger charge is 2.23. The van der Waals surface area contributed by atoms with Gasteiger partial charge in [-0.25, -0.2) is 18.4 Å². The van der Waals surface area contributed by atoms with Crippen LogP contribution in [-0.4, -0.2) is 24.6 Å². The van der Waals surface area contributed by atoms with E-state index in [-0.39, 0.29) is 6.54 Å². The predicted molar refractivity (Wildman–Crippen MR) is 79.8 cm³/mol. The van der Waals surface area contributed by atoms with Gasteiger partial charge in [0, 0.05) is 28.2 Å². The summed E-state index contributed by atoms with van der Waals surface area (Å²) in [6, 6.07) is 0. The number of aryl methyl sites for hydroxylation is 1. The van der Waals surface area contributed by atoms with Crippen LogP contribution in [0, 0.1) is 6.92 Å². The van der Waals surface area contributed by atoms with E-state index in [0.717, 1.165) is 14.9 Å². The lowest BCUT2D eigenvalue weighted by Crippen LogP contribution is -2.29. The molecule has 0 saturated heterocycles. The van der Waals surface area contributed by atoms with E-state index >= 15 is 0 Å². The Bertz CT molecular complexity index is 651. The monoisotopic (exact) mass is 361 g/mol. The highest BCUT2D eigenvalue weighted by Crippen LogP contribution is 2.37. The van der Waals surface area contributed by atoms with Gasteiger partial charge < -0.3 is 0 Å². The highest BCUT2D eigenvalue weighted by atomic mass is 79.9. The Balaban J connectivity index is 2.44. The van der Waals surface area contributed by atoms with Crippen molar-refractivity contribution in [3.05, 3.63) is 39.0 Å². The van der Waals surface area contributed by atoms with Crippen LogP contribution in [0.3, 0.4) is 0 Å². The second-order valence-corrected chi connectivity index (χ2v) is 7.85. The molecule has 0 atom stereocenters. The zero-order valence-electron chi connectivity index (χ0n) is 10.4. The van der Waals surface area contributed by atoms with Gasteiger partial charge in [0.1, 0.15) is 6.33 Å². The lowest BCUT2D eigenvalue weighted by atomic mass is 10.3. The first-order valence-electron chi connectivity index (χ1n) is 5.35. The van der Waals surface area contributed by atoms with Gasteiger partial charge in [0.2, 0.25) is 10.0 Å². The van der Waals surface area contributed by atoms with E-state index in [4.69, 9.17) is 0 Å². The lowest BCUT2D eigenvalue weighted by Gasteiger charge is -2.22. The van der Waals surface area contributed by atoms with Crippen LogP contribution in [0.5, 0.6) is 0 Å². The van der Waals surface area contributed by atoms with Gasteiger partial charge in [-0.3, -0.25) is 4.31 Å². The fourth-order valence-electron chi connectivity index (χ4n) is 1.65. The molecule has 0 spiro atoms.